The average molecular weight is 370 g/mol. The Bertz CT molecular complexity index is 985. The Hall–Kier alpha value is -2.71. The summed E-state index contributed by atoms with van der Waals surface area (Å²) in [5.41, 5.74) is 3.13. The Morgan fingerprint density at radius 3 is 2.85 bits per heavy atom. The fourth-order valence-corrected chi connectivity index (χ4v) is 3.49. The molecule has 1 N–H and O–H groups in total. The van der Waals surface area contributed by atoms with Crippen LogP contribution in [0.25, 0.3) is 16.6 Å². The summed E-state index contributed by atoms with van der Waals surface area (Å²) >= 11 is 0. The number of methoxy groups -OCH3 is 1. The molecule has 1 aliphatic heterocycles. The van der Waals surface area contributed by atoms with Crippen molar-refractivity contribution in [3.63, 3.8) is 0 Å². The highest BCUT2D eigenvalue weighted by atomic mass is 16.5. The first-order chi connectivity index (χ1) is 13.0. The summed E-state index contributed by atoms with van der Waals surface area (Å²) in [5.74, 6) is -0.420. The van der Waals surface area contributed by atoms with Gasteiger partial charge in [0.2, 0.25) is 0 Å². The molecule has 3 aromatic heterocycles. The largest absolute Gasteiger partial charge is 0.465 e. The zero-order valence-corrected chi connectivity index (χ0v) is 15.4. The molecule has 8 nitrogen and oxygen atoms in total. The molecule has 0 bridgehead atoms. The SMILES string of the molecule is COC(=O)c1cnn2ccc(-c3cnn(CC4(O)CCOCC4)c3C)cc12. The lowest BCUT2D eigenvalue weighted by Gasteiger charge is -2.32. The Morgan fingerprint density at radius 2 is 2.11 bits per heavy atom. The van der Waals surface area contributed by atoms with Crippen LogP contribution >= 0.6 is 0 Å². The fraction of sp³-hybridized carbons (Fsp3) is 0.421. The molecule has 27 heavy (non-hydrogen) atoms. The van der Waals surface area contributed by atoms with E-state index >= 15 is 0 Å². The molecular formula is C19H22N4O4. The van der Waals surface area contributed by atoms with Gasteiger partial charge >= 0.3 is 5.97 Å². The molecule has 0 aromatic carbocycles. The number of carbonyl (C=O) groups excluding carboxylic acids is 1. The van der Waals surface area contributed by atoms with Gasteiger partial charge in [0.25, 0.3) is 0 Å². The lowest BCUT2D eigenvalue weighted by molar-refractivity contribution is -0.0747. The smallest absolute Gasteiger partial charge is 0.341 e. The van der Waals surface area contributed by atoms with Gasteiger partial charge in [-0.05, 0) is 24.6 Å². The van der Waals surface area contributed by atoms with Gasteiger partial charge in [-0.3, -0.25) is 4.68 Å². The van der Waals surface area contributed by atoms with Crippen LogP contribution in [0.2, 0.25) is 0 Å². The van der Waals surface area contributed by atoms with Crippen molar-refractivity contribution in [3.8, 4) is 11.1 Å². The minimum Gasteiger partial charge on any atom is -0.465 e. The van der Waals surface area contributed by atoms with Crippen molar-refractivity contribution in [3.05, 3.63) is 42.0 Å². The summed E-state index contributed by atoms with van der Waals surface area (Å²) in [7, 11) is 1.35. The van der Waals surface area contributed by atoms with Crippen molar-refractivity contribution in [1.29, 1.82) is 0 Å². The van der Waals surface area contributed by atoms with Gasteiger partial charge in [-0.2, -0.15) is 10.2 Å². The van der Waals surface area contributed by atoms with Crippen molar-refractivity contribution >= 4 is 11.5 Å². The van der Waals surface area contributed by atoms with Gasteiger partial charge in [0, 0.05) is 43.5 Å². The van der Waals surface area contributed by atoms with Gasteiger partial charge in [-0.15, -0.1) is 0 Å². The molecule has 0 atom stereocenters. The molecule has 142 valence electrons. The molecule has 4 heterocycles. The summed E-state index contributed by atoms with van der Waals surface area (Å²) in [5, 5.41) is 19.4. The number of hydrogen-bond donors (Lipinski definition) is 1. The second-order valence-electron chi connectivity index (χ2n) is 6.93. The summed E-state index contributed by atoms with van der Waals surface area (Å²) in [6.45, 7) is 3.55. The minimum atomic E-state index is -0.792. The van der Waals surface area contributed by atoms with E-state index in [0.717, 1.165) is 16.8 Å². The third-order valence-electron chi connectivity index (χ3n) is 5.21. The highest BCUT2D eigenvalue weighted by molar-refractivity contribution is 5.97. The molecule has 0 amide bonds. The fourth-order valence-electron chi connectivity index (χ4n) is 3.49. The van der Waals surface area contributed by atoms with Crippen LogP contribution in [0.3, 0.4) is 0 Å². The molecule has 1 fully saturated rings. The number of carbonyl (C=O) groups is 1. The van der Waals surface area contributed by atoms with Crippen molar-refractivity contribution in [1.82, 2.24) is 19.4 Å². The van der Waals surface area contributed by atoms with Gasteiger partial charge in [0.15, 0.2) is 0 Å². The van der Waals surface area contributed by atoms with E-state index in [4.69, 9.17) is 9.47 Å². The second-order valence-corrected chi connectivity index (χ2v) is 6.93. The van der Waals surface area contributed by atoms with Gasteiger partial charge in [-0.1, -0.05) is 0 Å². The molecule has 8 heteroatoms. The van der Waals surface area contributed by atoms with E-state index in [1.54, 1.807) is 16.9 Å². The quantitative estimate of drug-likeness (QED) is 0.705. The Labute approximate surface area is 156 Å². The molecule has 3 aromatic rings. The first-order valence-corrected chi connectivity index (χ1v) is 8.89. The Morgan fingerprint density at radius 1 is 1.33 bits per heavy atom. The van der Waals surface area contributed by atoms with Crippen LogP contribution in [0.5, 0.6) is 0 Å². The molecular weight excluding hydrogens is 348 g/mol. The van der Waals surface area contributed by atoms with Crippen molar-refractivity contribution < 1.29 is 19.4 Å². The lowest BCUT2D eigenvalue weighted by Crippen LogP contribution is -2.40. The number of aliphatic hydroxyl groups is 1. The van der Waals surface area contributed by atoms with Crippen molar-refractivity contribution in [2.75, 3.05) is 20.3 Å². The molecule has 0 aliphatic carbocycles. The average Bonchev–Trinajstić information content (AvgIpc) is 3.25. The third-order valence-corrected chi connectivity index (χ3v) is 5.21. The number of pyridine rings is 1. The third kappa shape index (κ3) is 3.22. The molecule has 0 radical (unpaired) electrons. The predicted octanol–water partition coefficient (Wildman–Crippen LogP) is 1.83. The van der Waals surface area contributed by atoms with E-state index in [9.17, 15) is 9.90 Å². The van der Waals surface area contributed by atoms with E-state index < -0.39 is 11.6 Å². The maximum Gasteiger partial charge on any atom is 0.341 e. The minimum absolute atomic E-state index is 0.418. The van der Waals surface area contributed by atoms with Crippen LogP contribution in [-0.2, 0) is 16.0 Å². The van der Waals surface area contributed by atoms with Gasteiger partial charge in [0.1, 0.15) is 5.56 Å². The van der Waals surface area contributed by atoms with Crippen LogP contribution in [0, 0.1) is 6.92 Å². The second kappa shape index (κ2) is 6.79. The molecule has 0 saturated carbocycles. The number of ether oxygens (including phenoxy) is 2. The first kappa shape index (κ1) is 17.7. The maximum absolute atomic E-state index is 11.9. The molecule has 0 unspecified atom stereocenters. The van der Waals surface area contributed by atoms with Crippen LogP contribution < -0.4 is 0 Å². The van der Waals surface area contributed by atoms with Crippen molar-refractivity contribution in [2.45, 2.75) is 31.9 Å². The first-order valence-electron chi connectivity index (χ1n) is 8.89. The highest BCUT2D eigenvalue weighted by Gasteiger charge is 2.31. The zero-order valence-electron chi connectivity index (χ0n) is 15.4. The molecule has 1 aliphatic rings. The van der Waals surface area contributed by atoms with Crippen LogP contribution in [0.15, 0.2) is 30.7 Å². The number of esters is 1. The molecule has 0 spiro atoms. The Balaban J connectivity index is 1.67. The zero-order chi connectivity index (χ0) is 19.0. The predicted molar refractivity (Wildman–Crippen MR) is 97.5 cm³/mol. The Kier molecular flexibility index (Phi) is 4.45. The summed E-state index contributed by atoms with van der Waals surface area (Å²) in [6.07, 6.45) is 6.30. The number of fused-ring (bicyclic) bond motifs is 1. The van der Waals surface area contributed by atoms with Gasteiger partial charge < -0.3 is 14.6 Å². The normalized spacial score (nSPS) is 16.6. The van der Waals surface area contributed by atoms with E-state index in [-0.39, 0.29) is 0 Å². The monoisotopic (exact) mass is 370 g/mol. The topological polar surface area (TPSA) is 90.9 Å². The van der Waals surface area contributed by atoms with Gasteiger partial charge in [0.05, 0.1) is 37.2 Å². The van der Waals surface area contributed by atoms with Crippen molar-refractivity contribution in [2.24, 2.45) is 0 Å². The van der Waals surface area contributed by atoms with E-state index in [1.165, 1.54) is 13.3 Å². The number of aromatic nitrogens is 4. The van der Waals surface area contributed by atoms with Crippen LogP contribution in [-0.4, -0.2) is 56.4 Å². The lowest BCUT2D eigenvalue weighted by atomic mass is 9.94. The van der Waals surface area contributed by atoms with E-state index in [0.29, 0.717) is 43.7 Å². The molecule has 4 rings (SSSR count). The van der Waals surface area contributed by atoms with Crippen LogP contribution in [0.4, 0.5) is 0 Å². The summed E-state index contributed by atoms with van der Waals surface area (Å²) in [4.78, 5) is 11.9. The standard InChI is InChI=1S/C19H22N4O4/c1-13-15(10-21-23(13)12-19(25)4-7-27-8-5-19)14-3-6-22-17(9-14)16(11-20-22)18(24)26-2/h3,6,9-11,25H,4-5,7-8,12H2,1-2H3. The van der Waals surface area contributed by atoms with E-state index in [2.05, 4.69) is 10.2 Å². The van der Waals surface area contributed by atoms with Gasteiger partial charge in [-0.25, -0.2) is 9.31 Å². The molecule has 1 saturated heterocycles. The number of hydrogen-bond acceptors (Lipinski definition) is 6. The van der Waals surface area contributed by atoms with E-state index in [1.807, 2.05) is 23.7 Å². The number of nitrogens with zero attached hydrogens (tertiary/aromatic N) is 4. The maximum atomic E-state index is 11.9. The summed E-state index contributed by atoms with van der Waals surface area (Å²) in [6, 6.07) is 3.83. The summed E-state index contributed by atoms with van der Waals surface area (Å²) < 4.78 is 13.6. The number of rotatable bonds is 4. The van der Waals surface area contributed by atoms with Crippen LogP contribution in [0.1, 0.15) is 28.9 Å². The highest BCUT2D eigenvalue weighted by Crippen LogP contribution is 2.28.